The Morgan fingerprint density at radius 1 is 1.24 bits per heavy atom. The van der Waals surface area contributed by atoms with Crippen LogP contribution < -0.4 is 11.3 Å². The molecule has 0 aliphatic carbocycles. The predicted molar refractivity (Wildman–Crippen MR) is 59.1 cm³/mol. The van der Waals surface area contributed by atoms with E-state index in [2.05, 4.69) is 5.43 Å². The van der Waals surface area contributed by atoms with Gasteiger partial charge in [-0.15, -0.1) is 0 Å². The van der Waals surface area contributed by atoms with Crippen LogP contribution in [0.1, 0.15) is 11.6 Å². The smallest absolute Gasteiger partial charge is 0.126 e. The highest BCUT2D eigenvalue weighted by atomic mass is 19.1. The van der Waals surface area contributed by atoms with Crippen LogP contribution in [0.4, 0.5) is 8.78 Å². The van der Waals surface area contributed by atoms with E-state index in [1.54, 1.807) is 7.11 Å². The van der Waals surface area contributed by atoms with Crippen LogP contribution >= 0.6 is 0 Å². The van der Waals surface area contributed by atoms with Crippen molar-refractivity contribution in [1.82, 2.24) is 5.43 Å². The van der Waals surface area contributed by atoms with Gasteiger partial charge in [-0.1, -0.05) is 0 Å². The van der Waals surface area contributed by atoms with Crippen LogP contribution in [0, 0.1) is 11.6 Å². The van der Waals surface area contributed by atoms with E-state index in [0.717, 1.165) is 6.07 Å². The summed E-state index contributed by atoms with van der Waals surface area (Å²) in [6.07, 6.45) is 0. The first kappa shape index (κ1) is 14.0. The molecule has 1 aromatic carbocycles. The van der Waals surface area contributed by atoms with E-state index in [9.17, 15) is 8.78 Å². The molecular weight excluding hydrogens is 230 g/mol. The molecule has 4 nitrogen and oxygen atoms in total. The number of nitrogens with two attached hydrogens (primary N) is 1. The van der Waals surface area contributed by atoms with Crippen molar-refractivity contribution in [3.63, 3.8) is 0 Å². The zero-order chi connectivity index (χ0) is 12.7. The van der Waals surface area contributed by atoms with Crippen LogP contribution in [0.25, 0.3) is 0 Å². The number of hydrazine groups is 1. The second kappa shape index (κ2) is 7.29. The van der Waals surface area contributed by atoms with Crippen molar-refractivity contribution in [2.45, 2.75) is 6.04 Å². The Morgan fingerprint density at radius 2 is 1.88 bits per heavy atom. The molecule has 1 unspecified atom stereocenters. The Bertz CT molecular complexity index is 330. The van der Waals surface area contributed by atoms with Crippen LogP contribution in [0.5, 0.6) is 0 Å². The highest BCUT2D eigenvalue weighted by Gasteiger charge is 2.12. The molecule has 1 atom stereocenters. The van der Waals surface area contributed by atoms with Gasteiger partial charge in [0.05, 0.1) is 25.9 Å². The minimum atomic E-state index is -0.642. The predicted octanol–water partition coefficient (Wildman–Crippen LogP) is 1.13. The number of hydrogen-bond donors (Lipinski definition) is 2. The molecule has 0 aliphatic rings. The first-order valence-corrected chi connectivity index (χ1v) is 5.16. The molecule has 0 heterocycles. The maximum Gasteiger partial charge on any atom is 0.126 e. The number of nitrogens with one attached hydrogen (secondary N) is 1. The molecule has 0 saturated carbocycles. The summed E-state index contributed by atoms with van der Waals surface area (Å²) in [7, 11) is 1.56. The summed E-state index contributed by atoms with van der Waals surface area (Å²) < 4.78 is 36.0. The Kier molecular flexibility index (Phi) is 5.99. The van der Waals surface area contributed by atoms with E-state index < -0.39 is 17.7 Å². The second-order valence-electron chi connectivity index (χ2n) is 3.49. The molecule has 0 saturated heterocycles. The zero-order valence-corrected chi connectivity index (χ0v) is 9.58. The molecule has 0 spiro atoms. The first-order chi connectivity index (χ1) is 8.17. The van der Waals surface area contributed by atoms with Gasteiger partial charge in [0.2, 0.25) is 0 Å². The van der Waals surface area contributed by atoms with Crippen molar-refractivity contribution < 1.29 is 18.3 Å². The average molecular weight is 246 g/mol. The monoisotopic (exact) mass is 246 g/mol. The maximum atomic E-state index is 13.0. The summed E-state index contributed by atoms with van der Waals surface area (Å²) in [5.41, 5.74) is 2.86. The van der Waals surface area contributed by atoms with E-state index in [-0.39, 0.29) is 6.61 Å². The Morgan fingerprint density at radius 3 is 2.41 bits per heavy atom. The lowest BCUT2D eigenvalue weighted by molar-refractivity contribution is 0.0585. The lowest BCUT2D eigenvalue weighted by Gasteiger charge is -2.16. The molecule has 17 heavy (non-hydrogen) atoms. The van der Waals surface area contributed by atoms with Crippen LogP contribution in [0.3, 0.4) is 0 Å². The molecule has 6 heteroatoms. The number of halogens is 2. The Labute approximate surface area is 98.7 Å². The average Bonchev–Trinajstić information content (AvgIpc) is 2.28. The third-order valence-corrected chi connectivity index (χ3v) is 2.20. The number of ether oxygens (including phenoxy) is 2. The van der Waals surface area contributed by atoms with Gasteiger partial charge < -0.3 is 9.47 Å². The first-order valence-electron chi connectivity index (χ1n) is 5.16. The van der Waals surface area contributed by atoms with Gasteiger partial charge in [-0.05, 0) is 17.7 Å². The molecule has 3 N–H and O–H groups in total. The van der Waals surface area contributed by atoms with Crippen molar-refractivity contribution in [2.75, 3.05) is 26.9 Å². The Hall–Kier alpha value is -1.08. The van der Waals surface area contributed by atoms with Crippen LogP contribution in [0.15, 0.2) is 18.2 Å². The zero-order valence-electron chi connectivity index (χ0n) is 9.58. The standard InChI is InChI=1S/C11H16F2N2O2/c1-16-2-3-17-7-11(15-14)8-4-9(12)6-10(13)5-8/h4-6,11,15H,2-3,7,14H2,1H3. The van der Waals surface area contributed by atoms with Gasteiger partial charge in [-0.3, -0.25) is 11.3 Å². The minimum absolute atomic E-state index is 0.211. The fourth-order valence-electron chi connectivity index (χ4n) is 1.36. The maximum absolute atomic E-state index is 13.0. The minimum Gasteiger partial charge on any atom is -0.382 e. The summed E-state index contributed by atoms with van der Waals surface area (Å²) >= 11 is 0. The molecule has 0 radical (unpaired) electrons. The molecule has 1 aromatic rings. The number of rotatable bonds is 7. The topological polar surface area (TPSA) is 56.5 Å². The molecule has 0 bridgehead atoms. The van der Waals surface area contributed by atoms with Gasteiger partial charge in [-0.25, -0.2) is 8.78 Å². The number of hydrogen-bond acceptors (Lipinski definition) is 4. The van der Waals surface area contributed by atoms with Crippen LogP contribution in [0.2, 0.25) is 0 Å². The van der Waals surface area contributed by atoms with Gasteiger partial charge >= 0.3 is 0 Å². The molecule has 96 valence electrons. The highest BCUT2D eigenvalue weighted by Crippen LogP contribution is 2.16. The molecule has 1 rings (SSSR count). The molecule has 0 aliphatic heterocycles. The molecule has 0 fully saturated rings. The van der Waals surface area contributed by atoms with Crippen molar-refractivity contribution in [3.8, 4) is 0 Å². The molecule has 0 amide bonds. The third kappa shape index (κ3) is 4.74. The van der Waals surface area contributed by atoms with Crippen LogP contribution in [-0.2, 0) is 9.47 Å². The summed E-state index contributed by atoms with van der Waals surface area (Å²) in [5.74, 6) is 4.03. The quantitative estimate of drug-likeness (QED) is 0.430. The summed E-state index contributed by atoms with van der Waals surface area (Å²) in [6.45, 7) is 1.06. The SMILES string of the molecule is COCCOCC(NN)c1cc(F)cc(F)c1. The number of benzene rings is 1. The van der Waals surface area contributed by atoms with E-state index in [0.29, 0.717) is 18.8 Å². The summed E-state index contributed by atoms with van der Waals surface area (Å²) in [6, 6.07) is 2.78. The van der Waals surface area contributed by atoms with Gasteiger partial charge in [0, 0.05) is 13.2 Å². The number of methoxy groups -OCH3 is 1. The summed E-state index contributed by atoms with van der Waals surface area (Å²) in [4.78, 5) is 0. The van der Waals surface area contributed by atoms with Gasteiger partial charge in [0.25, 0.3) is 0 Å². The van der Waals surface area contributed by atoms with E-state index >= 15 is 0 Å². The fourth-order valence-corrected chi connectivity index (χ4v) is 1.36. The fraction of sp³-hybridized carbons (Fsp3) is 0.455. The third-order valence-electron chi connectivity index (χ3n) is 2.20. The van der Waals surface area contributed by atoms with Crippen molar-refractivity contribution in [1.29, 1.82) is 0 Å². The summed E-state index contributed by atoms with van der Waals surface area (Å²) in [5, 5.41) is 0. The highest BCUT2D eigenvalue weighted by molar-refractivity contribution is 5.21. The lowest BCUT2D eigenvalue weighted by atomic mass is 10.1. The molecule has 0 aromatic heterocycles. The van der Waals surface area contributed by atoms with Crippen molar-refractivity contribution in [2.24, 2.45) is 5.84 Å². The normalized spacial score (nSPS) is 12.7. The van der Waals surface area contributed by atoms with Crippen molar-refractivity contribution >= 4 is 0 Å². The lowest BCUT2D eigenvalue weighted by Crippen LogP contribution is -2.32. The second-order valence-corrected chi connectivity index (χ2v) is 3.49. The van der Waals surface area contributed by atoms with Gasteiger partial charge in [0.15, 0.2) is 0 Å². The molecular formula is C11H16F2N2O2. The van der Waals surface area contributed by atoms with Gasteiger partial charge in [-0.2, -0.15) is 0 Å². The van der Waals surface area contributed by atoms with Crippen LogP contribution in [-0.4, -0.2) is 26.9 Å². The van der Waals surface area contributed by atoms with Crippen molar-refractivity contribution in [3.05, 3.63) is 35.4 Å². The van der Waals surface area contributed by atoms with Gasteiger partial charge in [0.1, 0.15) is 11.6 Å². The van der Waals surface area contributed by atoms with E-state index in [1.807, 2.05) is 0 Å². The Balaban J connectivity index is 2.59. The largest absolute Gasteiger partial charge is 0.382 e. The van der Waals surface area contributed by atoms with E-state index in [1.165, 1.54) is 12.1 Å². The van der Waals surface area contributed by atoms with E-state index in [4.69, 9.17) is 15.3 Å².